The maximum atomic E-state index is 10.2. The first-order chi connectivity index (χ1) is 4.79. The molecule has 4 heteroatoms. The predicted octanol–water partition coefficient (Wildman–Crippen LogP) is 0.104. The van der Waals surface area contributed by atoms with E-state index >= 15 is 0 Å². The number of carbonyl (C=O) groups excluding carboxylic acids is 1. The van der Waals surface area contributed by atoms with Crippen molar-refractivity contribution in [2.75, 3.05) is 0 Å². The van der Waals surface area contributed by atoms with Crippen LogP contribution in [-0.4, -0.2) is 15.8 Å². The molecular weight excluding hydrogens is 130 g/mol. The third kappa shape index (κ3) is 0.778. The van der Waals surface area contributed by atoms with Gasteiger partial charge in [-0.1, -0.05) is 0 Å². The molecule has 4 nitrogen and oxygen atoms in total. The number of hydrogen-bond donors (Lipinski definition) is 0. The molecule has 10 heavy (non-hydrogen) atoms. The molecule has 0 saturated heterocycles. The summed E-state index contributed by atoms with van der Waals surface area (Å²) in [6, 6.07) is 1.89. The van der Waals surface area contributed by atoms with Gasteiger partial charge in [0.25, 0.3) is 0 Å². The smallest absolute Gasteiger partial charge is 0.185 e. The summed E-state index contributed by atoms with van der Waals surface area (Å²) in [5.74, 6) is 0.275. The molecule has 0 aliphatic heterocycles. The number of hydrogen-bond acceptors (Lipinski definition) is 3. The summed E-state index contributed by atoms with van der Waals surface area (Å²) in [5.41, 5.74) is 0.391. The number of nitrogens with zero attached hydrogens (tertiary/aromatic N) is 3. The Balaban J connectivity index is 3.24. The quantitative estimate of drug-likeness (QED) is 0.513. The molecule has 0 saturated carbocycles. The first kappa shape index (κ1) is 6.49. The summed E-state index contributed by atoms with van der Waals surface area (Å²) in [6.07, 6.45) is 1.98. The molecule has 0 amide bonds. The standard InChI is InChI=1S/C6H5N3O/c1-9-5(2-7)3-8-6(9)4-10/h3-4H,1H3. The highest BCUT2D eigenvalue weighted by atomic mass is 16.1. The third-order valence-corrected chi connectivity index (χ3v) is 1.24. The maximum absolute atomic E-state index is 10.2. The fourth-order valence-corrected chi connectivity index (χ4v) is 0.637. The summed E-state index contributed by atoms with van der Waals surface area (Å²) in [4.78, 5) is 13.8. The van der Waals surface area contributed by atoms with Crippen LogP contribution in [0.5, 0.6) is 0 Å². The van der Waals surface area contributed by atoms with E-state index in [1.54, 1.807) is 7.05 Å². The van der Waals surface area contributed by atoms with Gasteiger partial charge in [0.1, 0.15) is 11.8 Å². The second kappa shape index (κ2) is 2.31. The van der Waals surface area contributed by atoms with Gasteiger partial charge in [-0.2, -0.15) is 5.26 Å². The number of nitriles is 1. The molecule has 0 radical (unpaired) electrons. The van der Waals surface area contributed by atoms with Crippen molar-refractivity contribution < 1.29 is 4.79 Å². The molecule has 0 spiro atoms. The molecule has 50 valence electrons. The first-order valence-electron chi connectivity index (χ1n) is 2.66. The Morgan fingerprint density at radius 2 is 2.60 bits per heavy atom. The zero-order valence-corrected chi connectivity index (χ0v) is 5.40. The van der Waals surface area contributed by atoms with E-state index in [1.165, 1.54) is 10.8 Å². The first-order valence-corrected chi connectivity index (χ1v) is 2.66. The lowest BCUT2D eigenvalue weighted by atomic mass is 10.5. The third-order valence-electron chi connectivity index (χ3n) is 1.24. The second-order valence-corrected chi connectivity index (χ2v) is 1.79. The molecule has 1 aromatic heterocycles. The molecule has 0 aliphatic carbocycles. The van der Waals surface area contributed by atoms with E-state index in [0.29, 0.717) is 12.0 Å². The van der Waals surface area contributed by atoms with E-state index in [2.05, 4.69) is 4.98 Å². The lowest BCUT2D eigenvalue weighted by Crippen LogP contribution is -1.97. The van der Waals surface area contributed by atoms with Crippen LogP contribution < -0.4 is 0 Å². The average Bonchev–Trinajstić information content (AvgIpc) is 2.30. The summed E-state index contributed by atoms with van der Waals surface area (Å²) >= 11 is 0. The summed E-state index contributed by atoms with van der Waals surface area (Å²) in [7, 11) is 1.62. The van der Waals surface area contributed by atoms with Crippen LogP contribution in [0.1, 0.15) is 16.3 Å². The minimum absolute atomic E-state index is 0.275. The summed E-state index contributed by atoms with van der Waals surface area (Å²) < 4.78 is 1.44. The molecule has 0 aromatic carbocycles. The molecule has 1 heterocycles. The van der Waals surface area contributed by atoms with E-state index in [9.17, 15) is 4.79 Å². The number of carbonyl (C=O) groups is 1. The van der Waals surface area contributed by atoms with Crippen LogP contribution in [0.2, 0.25) is 0 Å². The van der Waals surface area contributed by atoms with Gasteiger partial charge in [0.15, 0.2) is 12.1 Å². The lowest BCUT2D eigenvalue weighted by Gasteiger charge is -1.90. The molecule has 0 fully saturated rings. The molecule has 0 N–H and O–H groups in total. The Labute approximate surface area is 57.7 Å². The normalized spacial score (nSPS) is 8.80. The number of aromatic nitrogens is 2. The lowest BCUT2D eigenvalue weighted by molar-refractivity contribution is 0.111. The van der Waals surface area contributed by atoms with Crippen molar-refractivity contribution in [3.05, 3.63) is 17.7 Å². The number of aldehydes is 1. The molecule has 0 bridgehead atoms. The van der Waals surface area contributed by atoms with Gasteiger partial charge >= 0.3 is 0 Å². The molecule has 1 rings (SSSR count). The van der Waals surface area contributed by atoms with E-state index in [-0.39, 0.29) is 5.82 Å². The van der Waals surface area contributed by atoms with Crippen LogP contribution in [0.4, 0.5) is 0 Å². The van der Waals surface area contributed by atoms with E-state index in [1.807, 2.05) is 6.07 Å². The molecule has 1 aromatic rings. The van der Waals surface area contributed by atoms with Crippen molar-refractivity contribution in [1.29, 1.82) is 5.26 Å². The minimum Gasteiger partial charge on any atom is -0.317 e. The highest BCUT2D eigenvalue weighted by molar-refractivity contribution is 5.69. The topological polar surface area (TPSA) is 58.7 Å². The van der Waals surface area contributed by atoms with Gasteiger partial charge in [0.2, 0.25) is 0 Å². The zero-order valence-electron chi connectivity index (χ0n) is 5.40. The summed E-state index contributed by atoms with van der Waals surface area (Å²) in [6.45, 7) is 0. The molecule has 0 unspecified atom stereocenters. The Morgan fingerprint density at radius 1 is 1.90 bits per heavy atom. The Hall–Kier alpha value is -1.63. The second-order valence-electron chi connectivity index (χ2n) is 1.79. The largest absolute Gasteiger partial charge is 0.317 e. The van der Waals surface area contributed by atoms with Crippen LogP contribution in [0.15, 0.2) is 6.20 Å². The fraction of sp³-hybridized carbons (Fsp3) is 0.167. The fourth-order valence-electron chi connectivity index (χ4n) is 0.637. The van der Waals surface area contributed by atoms with Gasteiger partial charge in [-0.25, -0.2) is 4.98 Å². The Morgan fingerprint density at radius 3 is 2.90 bits per heavy atom. The van der Waals surface area contributed by atoms with Crippen molar-refractivity contribution in [2.24, 2.45) is 7.05 Å². The van der Waals surface area contributed by atoms with Gasteiger partial charge in [-0.05, 0) is 0 Å². The van der Waals surface area contributed by atoms with Crippen molar-refractivity contribution in [3.8, 4) is 6.07 Å². The summed E-state index contributed by atoms with van der Waals surface area (Å²) in [5, 5.41) is 8.40. The highest BCUT2D eigenvalue weighted by Gasteiger charge is 2.02. The van der Waals surface area contributed by atoms with Crippen LogP contribution in [0.25, 0.3) is 0 Å². The van der Waals surface area contributed by atoms with E-state index in [4.69, 9.17) is 5.26 Å². The van der Waals surface area contributed by atoms with Crippen molar-refractivity contribution in [2.45, 2.75) is 0 Å². The maximum Gasteiger partial charge on any atom is 0.185 e. The average molecular weight is 135 g/mol. The van der Waals surface area contributed by atoms with Crippen molar-refractivity contribution in [1.82, 2.24) is 9.55 Å². The van der Waals surface area contributed by atoms with Gasteiger partial charge in [-0.15, -0.1) is 0 Å². The number of imidazole rings is 1. The molecular formula is C6H5N3O. The van der Waals surface area contributed by atoms with Crippen LogP contribution in [0, 0.1) is 11.3 Å². The minimum atomic E-state index is 0.275. The van der Waals surface area contributed by atoms with Crippen LogP contribution >= 0.6 is 0 Å². The van der Waals surface area contributed by atoms with E-state index < -0.39 is 0 Å². The SMILES string of the molecule is Cn1c(C#N)cnc1C=O. The van der Waals surface area contributed by atoms with Gasteiger partial charge < -0.3 is 4.57 Å². The number of rotatable bonds is 1. The molecule has 0 atom stereocenters. The monoisotopic (exact) mass is 135 g/mol. The van der Waals surface area contributed by atoms with Crippen LogP contribution in [0.3, 0.4) is 0 Å². The Kier molecular flexibility index (Phi) is 1.50. The van der Waals surface area contributed by atoms with Gasteiger partial charge in [0.05, 0.1) is 6.20 Å². The van der Waals surface area contributed by atoms with Crippen LogP contribution in [-0.2, 0) is 7.05 Å². The van der Waals surface area contributed by atoms with E-state index in [0.717, 1.165) is 0 Å². The van der Waals surface area contributed by atoms with Crippen molar-refractivity contribution >= 4 is 6.29 Å². The Bertz CT molecular complexity index is 294. The zero-order chi connectivity index (χ0) is 7.56. The highest BCUT2D eigenvalue weighted by Crippen LogP contribution is 1.97. The van der Waals surface area contributed by atoms with Gasteiger partial charge in [-0.3, -0.25) is 4.79 Å². The van der Waals surface area contributed by atoms with Gasteiger partial charge in [0, 0.05) is 7.05 Å². The van der Waals surface area contributed by atoms with Crippen molar-refractivity contribution in [3.63, 3.8) is 0 Å². The molecule has 0 aliphatic rings. The predicted molar refractivity (Wildman–Crippen MR) is 33.3 cm³/mol.